The maximum atomic E-state index is 13.3. The van der Waals surface area contributed by atoms with E-state index in [9.17, 15) is 17.9 Å². The lowest BCUT2D eigenvalue weighted by atomic mass is 9.92. The molecule has 2 heterocycles. The molecule has 8 heteroatoms. The minimum Gasteiger partial charge on any atom is -0.387 e. The Hall–Kier alpha value is -0.730. The molecule has 26 heavy (non-hydrogen) atoms. The lowest BCUT2D eigenvalue weighted by molar-refractivity contribution is 0.133. The van der Waals surface area contributed by atoms with Crippen molar-refractivity contribution < 1.29 is 17.9 Å². The van der Waals surface area contributed by atoms with Gasteiger partial charge in [0.05, 0.1) is 12.4 Å². The van der Waals surface area contributed by atoms with Gasteiger partial charge in [0.2, 0.25) is 10.0 Å². The highest BCUT2D eigenvalue weighted by Gasteiger charge is 2.33. The van der Waals surface area contributed by atoms with Crippen LogP contribution in [0.4, 0.5) is 4.39 Å². The Balaban J connectivity index is 0.00000243. The number of nitrogens with zero attached hydrogens (tertiary/aromatic N) is 1. The van der Waals surface area contributed by atoms with Crippen LogP contribution in [0.2, 0.25) is 0 Å². The molecule has 148 valence electrons. The average Bonchev–Trinajstić information content (AvgIpc) is 3.02. The number of aliphatic hydroxyl groups is 1. The summed E-state index contributed by atoms with van der Waals surface area (Å²) in [4.78, 5) is 0. The van der Waals surface area contributed by atoms with Crippen molar-refractivity contribution in [3.63, 3.8) is 0 Å². The van der Waals surface area contributed by atoms with Crippen LogP contribution in [0.25, 0.3) is 0 Å². The predicted molar refractivity (Wildman–Crippen MR) is 102 cm³/mol. The number of rotatable bonds is 5. The van der Waals surface area contributed by atoms with Gasteiger partial charge in [-0.15, -0.1) is 12.4 Å². The molecule has 2 saturated heterocycles. The van der Waals surface area contributed by atoms with E-state index in [1.54, 1.807) is 16.4 Å². The first-order chi connectivity index (χ1) is 11.8. The molecule has 0 saturated carbocycles. The summed E-state index contributed by atoms with van der Waals surface area (Å²) in [5.41, 5.74) is 0.596. The minimum absolute atomic E-state index is 0. The van der Waals surface area contributed by atoms with Crippen LogP contribution in [0.3, 0.4) is 0 Å². The SMILES string of the molecule is CS(=O)(=O)N1CCC[C@@H](C[C@@H]2CC[C@H]([C@H](O)c3cccc(F)c3)N2)C1.Cl. The van der Waals surface area contributed by atoms with Crippen molar-refractivity contribution in [2.24, 2.45) is 5.92 Å². The lowest BCUT2D eigenvalue weighted by Gasteiger charge is -2.32. The van der Waals surface area contributed by atoms with E-state index in [1.807, 2.05) is 0 Å². The van der Waals surface area contributed by atoms with Gasteiger partial charge in [-0.25, -0.2) is 17.1 Å². The van der Waals surface area contributed by atoms with Gasteiger partial charge < -0.3 is 10.4 Å². The molecule has 0 bridgehead atoms. The molecule has 2 N–H and O–H groups in total. The number of piperidine rings is 1. The fourth-order valence-electron chi connectivity index (χ4n) is 4.13. The summed E-state index contributed by atoms with van der Waals surface area (Å²) < 4.78 is 38.4. The first-order valence-corrected chi connectivity index (χ1v) is 10.8. The molecule has 2 fully saturated rings. The Kier molecular flexibility index (Phi) is 7.44. The average molecular weight is 407 g/mol. The number of halogens is 2. The summed E-state index contributed by atoms with van der Waals surface area (Å²) >= 11 is 0. The van der Waals surface area contributed by atoms with Gasteiger partial charge in [-0.3, -0.25) is 0 Å². The third kappa shape index (κ3) is 5.39. The van der Waals surface area contributed by atoms with E-state index < -0.39 is 16.1 Å². The lowest BCUT2D eigenvalue weighted by Crippen LogP contribution is -2.42. The van der Waals surface area contributed by atoms with Gasteiger partial charge in [0.25, 0.3) is 0 Å². The standard InChI is InChI=1S/C18H27FN2O3S.ClH/c1-25(23,24)21-9-3-4-13(12-21)10-16-7-8-17(20-16)18(22)14-5-2-6-15(19)11-14;/h2,5-6,11,13,16-18,20,22H,3-4,7-10,12H2,1H3;1H/t13-,16-,17+,18+;/m0./s1. The van der Waals surface area contributed by atoms with E-state index in [-0.39, 0.29) is 30.3 Å². The number of nitrogens with one attached hydrogen (secondary N) is 1. The molecule has 0 unspecified atom stereocenters. The van der Waals surface area contributed by atoms with Gasteiger partial charge in [0, 0.05) is 25.2 Å². The number of benzene rings is 1. The van der Waals surface area contributed by atoms with Crippen molar-refractivity contribution in [1.29, 1.82) is 0 Å². The first-order valence-electron chi connectivity index (χ1n) is 8.97. The summed E-state index contributed by atoms with van der Waals surface area (Å²) in [6.07, 6.45) is 5.20. The highest BCUT2D eigenvalue weighted by Crippen LogP contribution is 2.30. The van der Waals surface area contributed by atoms with Crippen molar-refractivity contribution in [3.8, 4) is 0 Å². The summed E-state index contributed by atoms with van der Waals surface area (Å²) in [5, 5.41) is 14.0. The highest BCUT2D eigenvalue weighted by atomic mass is 35.5. The number of sulfonamides is 1. The van der Waals surface area contributed by atoms with Crippen molar-refractivity contribution in [3.05, 3.63) is 35.6 Å². The zero-order chi connectivity index (χ0) is 18.0. The van der Waals surface area contributed by atoms with Crippen molar-refractivity contribution >= 4 is 22.4 Å². The molecule has 2 aliphatic heterocycles. The molecule has 5 nitrogen and oxygen atoms in total. The van der Waals surface area contributed by atoms with Gasteiger partial charge in [-0.1, -0.05) is 12.1 Å². The summed E-state index contributed by atoms with van der Waals surface area (Å²) in [7, 11) is -3.12. The van der Waals surface area contributed by atoms with Crippen molar-refractivity contribution in [1.82, 2.24) is 9.62 Å². The predicted octanol–water partition coefficient (Wildman–Crippen LogP) is 2.46. The van der Waals surface area contributed by atoms with Crippen LogP contribution in [0.5, 0.6) is 0 Å². The van der Waals surface area contributed by atoms with E-state index >= 15 is 0 Å². The Labute approximate surface area is 161 Å². The quantitative estimate of drug-likeness (QED) is 0.788. The second kappa shape index (κ2) is 8.97. The number of hydrogen-bond donors (Lipinski definition) is 2. The molecular formula is C18H28ClFN2O3S. The van der Waals surface area contributed by atoms with Crippen LogP contribution in [-0.4, -0.2) is 49.3 Å². The first kappa shape index (κ1) is 21.6. The maximum Gasteiger partial charge on any atom is 0.211 e. The highest BCUT2D eigenvalue weighted by molar-refractivity contribution is 7.88. The summed E-state index contributed by atoms with van der Waals surface area (Å²) in [5.74, 6) is 0.0141. The largest absolute Gasteiger partial charge is 0.387 e. The van der Waals surface area contributed by atoms with Gasteiger partial charge in [-0.2, -0.15) is 0 Å². The Morgan fingerprint density at radius 2 is 2.12 bits per heavy atom. The Bertz CT molecular complexity index is 703. The molecule has 2 aliphatic rings. The topological polar surface area (TPSA) is 69.6 Å². The van der Waals surface area contributed by atoms with E-state index in [1.165, 1.54) is 18.4 Å². The minimum atomic E-state index is -3.12. The monoisotopic (exact) mass is 406 g/mol. The van der Waals surface area contributed by atoms with Gasteiger partial charge in [-0.05, 0) is 55.7 Å². The molecule has 0 amide bonds. The van der Waals surface area contributed by atoms with Gasteiger partial charge >= 0.3 is 0 Å². The van der Waals surface area contributed by atoms with Crippen LogP contribution in [0.15, 0.2) is 24.3 Å². The Morgan fingerprint density at radius 3 is 2.81 bits per heavy atom. The van der Waals surface area contributed by atoms with E-state index in [0.29, 0.717) is 24.6 Å². The number of hydrogen-bond acceptors (Lipinski definition) is 4. The molecule has 0 aliphatic carbocycles. The van der Waals surface area contributed by atoms with Gasteiger partial charge in [0.1, 0.15) is 5.82 Å². The Morgan fingerprint density at radius 1 is 1.35 bits per heavy atom. The zero-order valence-corrected chi connectivity index (χ0v) is 16.6. The smallest absolute Gasteiger partial charge is 0.211 e. The molecule has 0 radical (unpaired) electrons. The van der Waals surface area contributed by atoms with Crippen LogP contribution in [0, 0.1) is 11.7 Å². The fourth-order valence-corrected chi connectivity index (χ4v) is 5.07. The van der Waals surface area contributed by atoms with Crippen LogP contribution in [-0.2, 0) is 10.0 Å². The molecule has 0 aromatic heterocycles. The van der Waals surface area contributed by atoms with Crippen molar-refractivity contribution in [2.75, 3.05) is 19.3 Å². The van der Waals surface area contributed by atoms with E-state index in [0.717, 1.165) is 32.1 Å². The maximum absolute atomic E-state index is 13.3. The van der Waals surface area contributed by atoms with Crippen LogP contribution >= 0.6 is 12.4 Å². The van der Waals surface area contributed by atoms with Gasteiger partial charge in [0.15, 0.2) is 0 Å². The second-order valence-corrected chi connectivity index (χ2v) is 9.39. The third-order valence-electron chi connectivity index (χ3n) is 5.42. The number of aliphatic hydroxyl groups excluding tert-OH is 1. The molecular weight excluding hydrogens is 379 g/mol. The summed E-state index contributed by atoms with van der Waals surface area (Å²) in [6, 6.07) is 6.30. The molecule has 0 spiro atoms. The van der Waals surface area contributed by atoms with E-state index in [2.05, 4.69) is 5.32 Å². The zero-order valence-electron chi connectivity index (χ0n) is 15.0. The van der Waals surface area contributed by atoms with Crippen molar-refractivity contribution in [2.45, 2.75) is 50.3 Å². The van der Waals surface area contributed by atoms with Crippen LogP contribution < -0.4 is 5.32 Å². The second-order valence-electron chi connectivity index (χ2n) is 7.41. The molecule has 1 aromatic rings. The fraction of sp³-hybridized carbons (Fsp3) is 0.667. The van der Waals surface area contributed by atoms with E-state index in [4.69, 9.17) is 0 Å². The van der Waals surface area contributed by atoms with Crippen LogP contribution in [0.1, 0.15) is 43.8 Å². The molecule has 1 aromatic carbocycles. The summed E-state index contributed by atoms with van der Waals surface area (Å²) in [6.45, 7) is 1.21. The normalized spacial score (nSPS) is 28.5. The third-order valence-corrected chi connectivity index (χ3v) is 6.69. The molecule has 4 atom stereocenters. The molecule has 3 rings (SSSR count).